The van der Waals surface area contributed by atoms with Crippen LogP contribution in [-0.2, 0) is 20.9 Å². The monoisotopic (exact) mass is 485 g/mol. The summed E-state index contributed by atoms with van der Waals surface area (Å²) in [6, 6.07) is 11.5. The molecule has 1 saturated heterocycles. The van der Waals surface area contributed by atoms with Crippen LogP contribution < -0.4 is 9.47 Å². The highest BCUT2D eigenvalue weighted by molar-refractivity contribution is 8.09. The molecule has 0 spiro atoms. The zero-order valence-corrected chi connectivity index (χ0v) is 19.5. The lowest BCUT2D eigenvalue weighted by Gasteiger charge is -2.43. The normalized spacial score (nSPS) is 19.9. The van der Waals surface area contributed by atoms with E-state index in [9.17, 15) is 24.6 Å². The van der Waals surface area contributed by atoms with Gasteiger partial charge in [0, 0.05) is 4.91 Å². The lowest BCUT2D eigenvalue weighted by molar-refractivity contribution is -0.156. The highest BCUT2D eigenvalue weighted by Crippen LogP contribution is 2.53. The molecule has 0 aromatic heterocycles. The van der Waals surface area contributed by atoms with Gasteiger partial charge in [-0.3, -0.25) is 9.69 Å². The van der Waals surface area contributed by atoms with Crippen molar-refractivity contribution in [3.8, 4) is 11.5 Å². The van der Waals surface area contributed by atoms with Crippen LogP contribution >= 0.6 is 11.8 Å². The van der Waals surface area contributed by atoms with Gasteiger partial charge in [-0.15, -0.1) is 0 Å². The molecule has 0 saturated carbocycles. The molecule has 2 aliphatic heterocycles. The fourth-order valence-electron chi connectivity index (χ4n) is 3.95. The second-order valence-electron chi connectivity index (χ2n) is 7.81. The highest BCUT2D eigenvalue weighted by Gasteiger charge is 2.57. The zero-order chi connectivity index (χ0) is 24.6. The quantitative estimate of drug-likeness (QED) is 0.429. The first kappa shape index (κ1) is 23.7. The molecule has 3 atom stereocenters. The molecule has 9 nitrogen and oxygen atoms in total. The van der Waals surface area contributed by atoms with Crippen molar-refractivity contribution in [3.05, 3.63) is 64.9 Å². The number of rotatable bonds is 8. The summed E-state index contributed by atoms with van der Waals surface area (Å²) in [6.07, 6.45) is -0.876. The fourth-order valence-corrected chi connectivity index (χ4v) is 5.56. The molecule has 0 unspecified atom stereocenters. The summed E-state index contributed by atoms with van der Waals surface area (Å²) in [6.45, 7) is 1.55. The number of ether oxygens (including phenoxy) is 3. The number of aliphatic carboxylic acids is 1. The Morgan fingerprint density at radius 3 is 2.35 bits per heavy atom. The third kappa shape index (κ3) is 4.10. The molecule has 4 rings (SSSR count). The van der Waals surface area contributed by atoms with E-state index in [1.807, 2.05) is 0 Å². The van der Waals surface area contributed by atoms with Crippen LogP contribution in [0.1, 0.15) is 28.4 Å². The minimum Gasteiger partial charge on any atom is -0.493 e. The van der Waals surface area contributed by atoms with E-state index in [2.05, 4.69) is 0 Å². The maximum atomic E-state index is 12.5. The van der Waals surface area contributed by atoms with Gasteiger partial charge in [0.25, 0.3) is 0 Å². The molecule has 0 radical (unpaired) electrons. The van der Waals surface area contributed by atoms with Crippen molar-refractivity contribution in [1.82, 2.24) is 4.90 Å². The van der Waals surface area contributed by atoms with E-state index in [-0.39, 0.29) is 12.3 Å². The van der Waals surface area contributed by atoms with Gasteiger partial charge in [-0.25, -0.2) is 9.59 Å². The number of nitrogens with zero attached hydrogens (tertiary/aromatic N) is 1. The Morgan fingerprint density at radius 1 is 1.09 bits per heavy atom. The maximum Gasteiger partial charge on any atom is 0.353 e. The number of esters is 1. The van der Waals surface area contributed by atoms with Gasteiger partial charge in [0.05, 0.1) is 31.8 Å². The van der Waals surface area contributed by atoms with Crippen molar-refractivity contribution in [2.24, 2.45) is 5.92 Å². The van der Waals surface area contributed by atoms with Crippen molar-refractivity contribution in [3.63, 3.8) is 0 Å². The van der Waals surface area contributed by atoms with E-state index in [0.717, 1.165) is 5.56 Å². The first-order valence-electron chi connectivity index (χ1n) is 10.4. The van der Waals surface area contributed by atoms with Crippen LogP contribution in [0.25, 0.3) is 4.91 Å². The van der Waals surface area contributed by atoms with Crippen molar-refractivity contribution < 1.29 is 38.8 Å². The van der Waals surface area contributed by atoms with Crippen molar-refractivity contribution >= 4 is 34.5 Å². The van der Waals surface area contributed by atoms with Gasteiger partial charge in [0.1, 0.15) is 17.7 Å². The fraction of sp³-hybridized carbons (Fsp3) is 0.292. The van der Waals surface area contributed by atoms with Gasteiger partial charge in [0.15, 0.2) is 11.5 Å². The molecule has 1 amide bonds. The van der Waals surface area contributed by atoms with E-state index in [4.69, 9.17) is 14.2 Å². The second-order valence-corrected chi connectivity index (χ2v) is 8.94. The van der Waals surface area contributed by atoms with Crippen molar-refractivity contribution in [1.29, 1.82) is 0 Å². The van der Waals surface area contributed by atoms with Gasteiger partial charge < -0.3 is 24.4 Å². The average molecular weight is 486 g/mol. The average Bonchev–Trinajstić information content (AvgIpc) is 3.17. The zero-order valence-electron chi connectivity index (χ0n) is 18.7. The summed E-state index contributed by atoms with van der Waals surface area (Å²) in [7, 11) is 3.05. The molecular formula is C24H23NO8S. The Kier molecular flexibility index (Phi) is 6.54. The number of aliphatic hydroxyl groups excluding tert-OH is 1. The number of carbonyl (C=O) groups excluding carboxylic acids is 2. The number of hydrogen-bond donors (Lipinski definition) is 2. The molecule has 2 aliphatic rings. The molecule has 0 aliphatic carbocycles. The van der Waals surface area contributed by atoms with Gasteiger partial charge in [-0.1, -0.05) is 30.0 Å². The summed E-state index contributed by atoms with van der Waals surface area (Å²) in [4.78, 5) is 38.4. The second kappa shape index (κ2) is 9.40. The third-order valence-electron chi connectivity index (χ3n) is 5.70. The van der Waals surface area contributed by atoms with E-state index in [0.29, 0.717) is 27.5 Å². The number of carbonyl (C=O) groups is 3. The highest BCUT2D eigenvalue weighted by atomic mass is 32.2. The number of amides is 1. The number of fused-ring (bicyclic) bond motifs is 1. The molecule has 0 bridgehead atoms. The number of carboxylic acid groups (broad SMARTS) is 1. The first-order chi connectivity index (χ1) is 16.3. The Hall–Kier alpha value is -3.50. The van der Waals surface area contributed by atoms with Crippen LogP contribution in [0.2, 0.25) is 0 Å². The van der Waals surface area contributed by atoms with Crippen LogP contribution in [-0.4, -0.2) is 58.7 Å². The SMILES string of the molecule is COc1ccc(COC(=O)c2ccc(C3=C(C(=O)O)N4C(=O)[C@H]([C@@H](C)O)[C@H]4S3)cc2)cc1OC. The van der Waals surface area contributed by atoms with E-state index in [1.165, 1.54) is 37.8 Å². The van der Waals surface area contributed by atoms with E-state index < -0.39 is 35.2 Å². The number of benzene rings is 2. The summed E-state index contributed by atoms with van der Waals surface area (Å²) in [5.41, 5.74) is 1.47. The van der Waals surface area contributed by atoms with Crippen LogP contribution in [0.5, 0.6) is 11.5 Å². The lowest BCUT2D eigenvalue weighted by atomic mass is 9.92. The standard InChI is InChI=1S/C24H23NO8S/c1-12(26)18-21(27)25-19(23(28)29)20(34-22(18)25)14-5-7-15(8-6-14)24(30)33-11-13-4-9-16(31-2)17(10-13)32-3/h4-10,12,18,22,26H,11H2,1-3H3,(H,28,29)/t12-,18+,22-/m1/s1. The van der Waals surface area contributed by atoms with Gasteiger partial charge in [0.2, 0.25) is 5.91 Å². The minimum absolute atomic E-state index is 0.0323. The molecular weight excluding hydrogens is 462 g/mol. The van der Waals surface area contributed by atoms with Gasteiger partial charge >= 0.3 is 11.9 Å². The summed E-state index contributed by atoms with van der Waals surface area (Å²) < 4.78 is 15.8. The number of methoxy groups -OCH3 is 2. The third-order valence-corrected chi connectivity index (χ3v) is 7.11. The van der Waals surface area contributed by atoms with Crippen LogP contribution in [0.4, 0.5) is 0 Å². The molecule has 2 aromatic rings. The number of hydrogen-bond acceptors (Lipinski definition) is 8. The van der Waals surface area contributed by atoms with Crippen LogP contribution in [0.3, 0.4) is 0 Å². The van der Waals surface area contributed by atoms with E-state index in [1.54, 1.807) is 42.5 Å². The summed E-state index contributed by atoms with van der Waals surface area (Å²) >= 11 is 1.22. The number of thioether (sulfide) groups is 1. The number of aliphatic hydroxyl groups is 1. The van der Waals surface area contributed by atoms with E-state index >= 15 is 0 Å². The topological polar surface area (TPSA) is 123 Å². The Labute approximate surface area is 199 Å². The molecule has 34 heavy (non-hydrogen) atoms. The summed E-state index contributed by atoms with van der Waals surface area (Å²) in [5, 5.41) is 19.1. The Bertz CT molecular complexity index is 1170. The lowest BCUT2D eigenvalue weighted by Crippen LogP contribution is -2.60. The maximum absolute atomic E-state index is 12.5. The smallest absolute Gasteiger partial charge is 0.353 e. The predicted molar refractivity (Wildman–Crippen MR) is 123 cm³/mol. The Balaban J connectivity index is 1.47. The molecule has 2 heterocycles. The molecule has 2 aromatic carbocycles. The number of carboxylic acids is 1. The molecule has 2 N–H and O–H groups in total. The first-order valence-corrected chi connectivity index (χ1v) is 11.3. The summed E-state index contributed by atoms with van der Waals surface area (Å²) in [5.74, 6) is -1.73. The minimum atomic E-state index is -1.22. The Morgan fingerprint density at radius 2 is 1.76 bits per heavy atom. The van der Waals surface area contributed by atoms with Gasteiger partial charge in [-0.05, 0) is 42.3 Å². The van der Waals surface area contributed by atoms with Crippen molar-refractivity contribution in [2.75, 3.05) is 14.2 Å². The largest absolute Gasteiger partial charge is 0.493 e. The molecule has 10 heteroatoms. The van der Waals surface area contributed by atoms with Crippen LogP contribution in [0, 0.1) is 5.92 Å². The van der Waals surface area contributed by atoms with Crippen LogP contribution in [0.15, 0.2) is 48.2 Å². The molecule has 178 valence electrons. The number of β-lactam (4-membered cyclic amide) rings is 1. The molecule has 1 fully saturated rings. The van der Waals surface area contributed by atoms with Gasteiger partial charge in [-0.2, -0.15) is 0 Å². The van der Waals surface area contributed by atoms with Crippen molar-refractivity contribution in [2.45, 2.75) is 25.0 Å². The predicted octanol–water partition coefficient (Wildman–Crippen LogP) is 2.73.